The average Bonchev–Trinajstić information content (AvgIpc) is 2.07. The third-order valence-electron chi connectivity index (χ3n) is 1.46. The van der Waals surface area contributed by atoms with E-state index in [-0.39, 0.29) is 0 Å². The Morgan fingerprint density at radius 2 is 2.25 bits per heavy atom. The molecule has 0 saturated heterocycles. The molecule has 12 heavy (non-hydrogen) atoms. The lowest BCUT2D eigenvalue weighted by Crippen LogP contribution is -1.86. The van der Waals surface area contributed by atoms with Crippen molar-refractivity contribution in [2.24, 2.45) is 0 Å². The number of aromatic nitrogens is 1. The summed E-state index contributed by atoms with van der Waals surface area (Å²) in [7, 11) is 1.59. The molecular weight excluding hydrogens is 174 g/mol. The molecule has 3 heteroatoms. The van der Waals surface area contributed by atoms with Gasteiger partial charge in [0.25, 0.3) is 0 Å². The molecule has 1 heterocycles. The van der Waals surface area contributed by atoms with E-state index in [0.29, 0.717) is 5.15 Å². The fourth-order valence-corrected chi connectivity index (χ4v) is 0.975. The summed E-state index contributed by atoms with van der Waals surface area (Å²) in [6, 6.07) is 3.69. The Balaban J connectivity index is 2.97. The van der Waals surface area contributed by atoms with Gasteiger partial charge >= 0.3 is 0 Å². The monoisotopic (exact) mass is 183 g/mol. The minimum absolute atomic E-state index is 0.497. The summed E-state index contributed by atoms with van der Waals surface area (Å²) in [4.78, 5) is 4.11. The Morgan fingerprint density at radius 1 is 1.50 bits per heavy atom. The second kappa shape index (κ2) is 4.12. The topological polar surface area (TPSA) is 22.1 Å². The molecule has 1 aromatic heterocycles. The molecule has 0 aliphatic rings. The SMILES string of the molecule is CO/C=C/c1nc(Cl)ccc1C. The Kier molecular flexibility index (Phi) is 3.11. The lowest BCUT2D eigenvalue weighted by molar-refractivity contribution is 0.341. The molecule has 2 nitrogen and oxygen atoms in total. The van der Waals surface area contributed by atoms with Crippen molar-refractivity contribution in [3.8, 4) is 0 Å². The summed E-state index contributed by atoms with van der Waals surface area (Å²) < 4.78 is 4.78. The minimum Gasteiger partial charge on any atom is -0.504 e. The fraction of sp³-hybridized carbons (Fsp3) is 0.222. The van der Waals surface area contributed by atoms with Crippen LogP contribution in [-0.4, -0.2) is 12.1 Å². The van der Waals surface area contributed by atoms with E-state index in [1.807, 2.05) is 13.0 Å². The van der Waals surface area contributed by atoms with Gasteiger partial charge in [-0.15, -0.1) is 0 Å². The Labute approximate surface area is 76.8 Å². The van der Waals surface area contributed by atoms with E-state index in [2.05, 4.69) is 4.98 Å². The molecule has 0 N–H and O–H groups in total. The van der Waals surface area contributed by atoms with Crippen LogP contribution in [0.25, 0.3) is 6.08 Å². The first-order valence-electron chi connectivity index (χ1n) is 3.56. The number of hydrogen-bond acceptors (Lipinski definition) is 2. The van der Waals surface area contributed by atoms with Gasteiger partial charge < -0.3 is 4.74 Å². The van der Waals surface area contributed by atoms with Crippen molar-refractivity contribution in [3.05, 3.63) is 34.8 Å². The van der Waals surface area contributed by atoms with Crippen LogP contribution >= 0.6 is 11.6 Å². The van der Waals surface area contributed by atoms with Gasteiger partial charge in [-0.25, -0.2) is 4.98 Å². The normalized spacial score (nSPS) is 10.6. The van der Waals surface area contributed by atoms with Crippen LogP contribution in [0.3, 0.4) is 0 Å². The van der Waals surface area contributed by atoms with Crippen molar-refractivity contribution < 1.29 is 4.74 Å². The first-order valence-corrected chi connectivity index (χ1v) is 3.94. The quantitative estimate of drug-likeness (QED) is 0.520. The highest BCUT2D eigenvalue weighted by Crippen LogP contribution is 2.11. The summed E-state index contributed by atoms with van der Waals surface area (Å²) in [6.45, 7) is 1.97. The summed E-state index contributed by atoms with van der Waals surface area (Å²) in [5.74, 6) is 0. The summed E-state index contributed by atoms with van der Waals surface area (Å²) in [5, 5.41) is 0.497. The number of ether oxygens (including phenoxy) is 1. The van der Waals surface area contributed by atoms with Gasteiger partial charge in [0, 0.05) is 0 Å². The van der Waals surface area contributed by atoms with Crippen molar-refractivity contribution in [1.82, 2.24) is 4.98 Å². The van der Waals surface area contributed by atoms with Gasteiger partial charge in [0.15, 0.2) is 0 Å². The predicted octanol–water partition coefficient (Wildman–Crippen LogP) is 2.66. The minimum atomic E-state index is 0.497. The van der Waals surface area contributed by atoms with Gasteiger partial charge in [-0.2, -0.15) is 0 Å². The van der Waals surface area contributed by atoms with E-state index >= 15 is 0 Å². The molecule has 0 radical (unpaired) electrons. The number of rotatable bonds is 2. The van der Waals surface area contributed by atoms with Crippen molar-refractivity contribution in [1.29, 1.82) is 0 Å². The Hall–Kier alpha value is -1.02. The van der Waals surface area contributed by atoms with E-state index in [4.69, 9.17) is 16.3 Å². The summed E-state index contributed by atoms with van der Waals surface area (Å²) >= 11 is 5.71. The molecule has 0 saturated carbocycles. The summed E-state index contributed by atoms with van der Waals surface area (Å²) in [5.41, 5.74) is 1.91. The van der Waals surface area contributed by atoms with Crippen molar-refractivity contribution >= 4 is 17.7 Å². The highest BCUT2D eigenvalue weighted by Gasteiger charge is 1.96. The molecule has 0 aliphatic carbocycles. The van der Waals surface area contributed by atoms with E-state index in [1.54, 1.807) is 25.5 Å². The molecule has 0 unspecified atom stereocenters. The zero-order valence-corrected chi connectivity index (χ0v) is 7.80. The standard InChI is InChI=1S/C9H10ClNO/c1-7-3-4-9(10)11-8(7)5-6-12-2/h3-6H,1-2H3/b6-5+. The van der Waals surface area contributed by atoms with Crippen LogP contribution in [0.1, 0.15) is 11.3 Å². The first kappa shape index (κ1) is 9.07. The highest BCUT2D eigenvalue weighted by atomic mass is 35.5. The predicted molar refractivity (Wildman–Crippen MR) is 50.0 cm³/mol. The van der Waals surface area contributed by atoms with Gasteiger partial charge in [0.2, 0.25) is 0 Å². The van der Waals surface area contributed by atoms with E-state index in [0.717, 1.165) is 11.3 Å². The van der Waals surface area contributed by atoms with Crippen molar-refractivity contribution in [2.45, 2.75) is 6.92 Å². The fourth-order valence-electron chi connectivity index (χ4n) is 0.821. The van der Waals surface area contributed by atoms with E-state index in [1.165, 1.54) is 0 Å². The number of pyridine rings is 1. The van der Waals surface area contributed by atoms with Crippen LogP contribution < -0.4 is 0 Å². The van der Waals surface area contributed by atoms with Gasteiger partial charge in [-0.05, 0) is 24.6 Å². The second-order valence-corrected chi connectivity index (χ2v) is 2.76. The van der Waals surface area contributed by atoms with E-state index < -0.39 is 0 Å². The average molecular weight is 184 g/mol. The third-order valence-corrected chi connectivity index (χ3v) is 1.67. The molecule has 1 aromatic rings. The largest absolute Gasteiger partial charge is 0.504 e. The maximum atomic E-state index is 5.71. The maximum absolute atomic E-state index is 5.71. The number of aryl methyl sites for hydroxylation is 1. The Morgan fingerprint density at radius 3 is 2.92 bits per heavy atom. The Bertz CT molecular complexity index is 297. The van der Waals surface area contributed by atoms with Gasteiger partial charge in [-0.1, -0.05) is 17.7 Å². The van der Waals surface area contributed by atoms with Crippen molar-refractivity contribution in [3.63, 3.8) is 0 Å². The number of hydrogen-bond donors (Lipinski definition) is 0. The second-order valence-electron chi connectivity index (χ2n) is 2.37. The number of nitrogens with zero attached hydrogens (tertiary/aromatic N) is 1. The molecule has 64 valence electrons. The lowest BCUT2D eigenvalue weighted by atomic mass is 10.2. The molecule has 1 rings (SSSR count). The first-order chi connectivity index (χ1) is 5.74. The van der Waals surface area contributed by atoms with Crippen LogP contribution in [0.15, 0.2) is 18.4 Å². The molecule has 0 fully saturated rings. The van der Waals surface area contributed by atoms with Crippen LogP contribution in [-0.2, 0) is 4.74 Å². The van der Waals surface area contributed by atoms with Crippen LogP contribution in [0.2, 0.25) is 5.15 Å². The third kappa shape index (κ3) is 2.24. The molecule has 0 aromatic carbocycles. The van der Waals surface area contributed by atoms with Gasteiger partial charge in [0.1, 0.15) is 5.15 Å². The number of methoxy groups -OCH3 is 1. The maximum Gasteiger partial charge on any atom is 0.129 e. The van der Waals surface area contributed by atoms with Crippen LogP contribution in [0, 0.1) is 6.92 Å². The molecule has 0 amide bonds. The zero-order valence-electron chi connectivity index (χ0n) is 7.04. The summed E-state index contributed by atoms with van der Waals surface area (Å²) in [6.07, 6.45) is 3.35. The molecule has 0 aliphatic heterocycles. The van der Waals surface area contributed by atoms with Crippen LogP contribution in [0.4, 0.5) is 0 Å². The lowest BCUT2D eigenvalue weighted by Gasteiger charge is -1.98. The molecule has 0 spiro atoms. The van der Waals surface area contributed by atoms with Gasteiger partial charge in [0.05, 0.1) is 19.1 Å². The molecule has 0 atom stereocenters. The smallest absolute Gasteiger partial charge is 0.129 e. The van der Waals surface area contributed by atoms with E-state index in [9.17, 15) is 0 Å². The van der Waals surface area contributed by atoms with Crippen LogP contribution in [0.5, 0.6) is 0 Å². The highest BCUT2D eigenvalue weighted by molar-refractivity contribution is 6.29. The zero-order chi connectivity index (χ0) is 8.97. The van der Waals surface area contributed by atoms with Crippen molar-refractivity contribution in [2.75, 3.05) is 7.11 Å². The van der Waals surface area contributed by atoms with Gasteiger partial charge in [-0.3, -0.25) is 0 Å². The molecule has 0 bridgehead atoms. The molecular formula is C9H10ClNO. The number of halogens is 1.